The topological polar surface area (TPSA) is 74.2 Å². The van der Waals surface area contributed by atoms with E-state index in [0.717, 1.165) is 0 Å². The molecule has 0 radical (unpaired) electrons. The lowest BCUT2D eigenvalue weighted by Crippen LogP contribution is -2.68. The number of fused-ring (bicyclic) bond motifs is 2. The monoisotopic (exact) mass is 372 g/mol. The molecule has 0 aromatic carbocycles. The van der Waals surface area contributed by atoms with E-state index in [0.29, 0.717) is 13.2 Å². The molecule has 3 fully saturated rings. The van der Waals surface area contributed by atoms with Gasteiger partial charge in [-0.1, -0.05) is 41.5 Å². The molecule has 0 spiro atoms. The third-order valence-corrected chi connectivity index (χ3v) is 10.8. The fraction of sp³-hybridized carbons (Fsp3) is 0.944. The van der Waals surface area contributed by atoms with E-state index in [2.05, 4.69) is 41.5 Å². The summed E-state index contributed by atoms with van der Waals surface area (Å²) in [6.07, 6.45) is -1.78. The van der Waals surface area contributed by atoms with Gasteiger partial charge in [0, 0.05) is 16.0 Å². The lowest BCUT2D eigenvalue weighted by Gasteiger charge is -2.56. The average molecular weight is 373 g/mol. The van der Waals surface area contributed by atoms with Gasteiger partial charge < -0.3 is 23.4 Å². The van der Waals surface area contributed by atoms with Crippen LogP contribution in [0.2, 0.25) is 10.1 Å². The summed E-state index contributed by atoms with van der Waals surface area (Å²) in [5.41, 5.74) is 0. The first-order valence-electron chi connectivity index (χ1n) is 9.26. The number of esters is 1. The van der Waals surface area contributed by atoms with Crippen molar-refractivity contribution in [3.63, 3.8) is 0 Å². The Bertz CT molecular complexity index is 523. The van der Waals surface area contributed by atoms with Crippen LogP contribution in [0.15, 0.2) is 0 Å². The summed E-state index contributed by atoms with van der Waals surface area (Å²) < 4.78 is 24.1. The second-order valence-corrected chi connectivity index (χ2v) is 14.3. The Hall–Kier alpha value is -0.473. The van der Waals surface area contributed by atoms with Crippen molar-refractivity contribution in [2.45, 2.75) is 83.0 Å². The minimum absolute atomic E-state index is 0.156. The van der Waals surface area contributed by atoms with Gasteiger partial charge in [0.25, 0.3) is 0 Å². The smallest absolute Gasteiger partial charge is 0.349 e. The molecular formula is C18H32O6Si. The molecule has 6 atom stereocenters. The SMILES string of the molecule is CCOC(=O)[C@@H]1[C@H]2O[C@@H]3CO[Si](C(C)(C)C)(C(C)(C)C)O[C@H]3[C@H](O)[C@H]21. The first-order valence-corrected chi connectivity index (χ1v) is 11.1. The van der Waals surface area contributed by atoms with E-state index in [-0.39, 0.29) is 40.1 Å². The third kappa shape index (κ3) is 2.88. The fourth-order valence-electron chi connectivity index (χ4n) is 4.75. The Balaban J connectivity index is 1.83. The Labute approximate surface area is 151 Å². The fourth-order valence-corrected chi connectivity index (χ4v) is 9.72. The van der Waals surface area contributed by atoms with Gasteiger partial charge in [0.2, 0.25) is 0 Å². The van der Waals surface area contributed by atoms with Gasteiger partial charge in [0.15, 0.2) is 0 Å². The Morgan fingerprint density at radius 1 is 1.16 bits per heavy atom. The van der Waals surface area contributed by atoms with E-state index >= 15 is 0 Å². The maximum Gasteiger partial charge on any atom is 0.349 e. The summed E-state index contributed by atoms with van der Waals surface area (Å²) >= 11 is 0. The predicted octanol–water partition coefficient (Wildman–Crippen LogP) is 2.38. The zero-order chi connectivity index (χ0) is 18.8. The van der Waals surface area contributed by atoms with E-state index in [1.54, 1.807) is 6.92 Å². The Morgan fingerprint density at radius 2 is 1.76 bits per heavy atom. The van der Waals surface area contributed by atoms with Crippen LogP contribution in [0.4, 0.5) is 0 Å². The summed E-state index contributed by atoms with van der Waals surface area (Å²) in [7, 11) is -2.67. The number of aliphatic hydroxyl groups excluding tert-OH is 1. The summed E-state index contributed by atoms with van der Waals surface area (Å²) in [6, 6.07) is 0. The first-order chi connectivity index (χ1) is 11.4. The molecule has 2 saturated heterocycles. The van der Waals surface area contributed by atoms with Gasteiger partial charge in [0.1, 0.15) is 12.2 Å². The van der Waals surface area contributed by atoms with Crippen LogP contribution in [0.3, 0.4) is 0 Å². The molecule has 0 unspecified atom stereocenters. The van der Waals surface area contributed by atoms with E-state index in [1.165, 1.54) is 0 Å². The van der Waals surface area contributed by atoms with Crippen molar-refractivity contribution in [1.29, 1.82) is 0 Å². The van der Waals surface area contributed by atoms with Crippen molar-refractivity contribution >= 4 is 14.5 Å². The second-order valence-electron chi connectivity index (χ2n) is 9.49. The van der Waals surface area contributed by atoms with Crippen molar-refractivity contribution in [2.75, 3.05) is 13.2 Å². The number of carbonyl (C=O) groups is 1. The third-order valence-electron chi connectivity index (χ3n) is 5.72. The van der Waals surface area contributed by atoms with Crippen LogP contribution in [0.1, 0.15) is 48.5 Å². The Morgan fingerprint density at radius 3 is 2.28 bits per heavy atom. The molecule has 0 aromatic rings. The second kappa shape index (κ2) is 6.02. The molecule has 1 aliphatic carbocycles. The lowest BCUT2D eigenvalue weighted by atomic mass is 10.0. The quantitative estimate of drug-likeness (QED) is 0.593. The normalized spacial score (nSPS) is 40.0. The summed E-state index contributed by atoms with van der Waals surface area (Å²) in [6.45, 7) is 15.4. The molecule has 3 aliphatic rings. The highest BCUT2D eigenvalue weighted by Crippen LogP contribution is 2.58. The molecule has 1 N–H and O–H groups in total. The van der Waals surface area contributed by atoms with Crippen molar-refractivity contribution in [2.24, 2.45) is 11.8 Å². The molecule has 2 heterocycles. The summed E-state index contributed by atoms with van der Waals surface area (Å²) in [5.74, 6) is -0.902. The van der Waals surface area contributed by atoms with Crippen molar-refractivity contribution in [1.82, 2.24) is 0 Å². The highest BCUT2D eigenvalue weighted by atomic mass is 28.4. The minimum Gasteiger partial charge on any atom is -0.466 e. The van der Waals surface area contributed by atoms with Gasteiger partial charge in [-0.15, -0.1) is 0 Å². The van der Waals surface area contributed by atoms with Crippen molar-refractivity contribution in [3.8, 4) is 0 Å². The number of carbonyl (C=O) groups excluding carboxylic acids is 1. The van der Waals surface area contributed by atoms with Gasteiger partial charge in [-0.3, -0.25) is 4.79 Å². The minimum atomic E-state index is -2.67. The van der Waals surface area contributed by atoms with Crippen LogP contribution in [-0.4, -0.2) is 57.3 Å². The predicted molar refractivity (Wildman–Crippen MR) is 94.3 cm³/mol. The zero-order valence-corrected chi connectivity index (χ0v) is 17.4. The number of aliphatic hydroxyl groups is 1. The van der Waals surface area contributed by atoms with Crippen molar-refractivity contribution in [3.05, 3.63) is 0 Å². The van der Waals surface area contributed by atoms with E-state index in [9.17, 15) is 9.90 Å². The zero-order valence-electron chi connectivity index (χ0n) is 16.4. The van der Waals surface area contributed by atoms with E-state index in [1.807, 2.05) is 0 Å². The average Bonchev–Trinajstić information content (AvgIpc) is 3.19. The molecule has 7 heteroatoms. The standard InChI is InChI=1S/C18H32O6Si/c1-8-21-16(20)12-11-13(19)14-10(23-15(11)12)9-22-25(24-14,17(2,3)4)18(5,6)7/h10-15,19H,8-9H2,1-7H3/t10-,11-,12+,13-,14-,15+/m1/s1. The van der Waals surface area contributed by atoms with Gasteiger partial charge in [-0.2, -0.15) is 0 Å². The molecule has 2 aliphatic heterocycles. The molecule has 0 aromatic heterocycles. The van der Waals surface area contributed by atoms with Gasteiger partial charge in [0.05, 0.1) is 31.3 Å². The molecule has 144 valence electrons. The molecular weight excluding hydrogens is 340 g/mol. The van der Waals surface area contributed by atoms with Gasteiger partial charge in [-0.25, -0.2) is 0 Å². The maximum absolute atomic E-state index is 12.1. The summed E-state index contributed by atoms with van der Waals surface area (Å²) in [4.78, 5) is 12.1. The molecule has 0 amide bonds. The molecule has 0 bridgehead atoms. The number of rotatable bonds is 2. The van der Waals surface area contributed by atoms with E-state index in [4.69, 9.17) is 18.3 Å². The van der Waals surface area contributed by atoms with Crippen LogP contribution in [0.5, 0.6) is 0 Å². The summed E-state index contributed by atoms with van der Waals surface area (Å²) in [5, 5.41) is 10.6. The van der Waals surface area contributed by atoms with E-state index < -0.39 is 20.8 Å². The highest BCUT2D eigenvalue weighted by Gasteiger charge is 2.70. The van der Waals surface area contributed by atoms with Crippen molar-refractivity contribution < 1.29 is 28.2 Å². The molecule has 3 rings (SSSR count). The van der Waals surface area contributed by atoms with Crippen LogP contribution in [-0.2, 0) is 23.1 Å². The first kappa shape index (κ1) is 19.3. The molecule has 6 nitrogen and oxygen atoms in total. The van der Waals surface area contributed by atoms with Crippen LogP contribution >= 0.6 is 0 Å². The van der Waals surface area contributed by atoms with Crippen LogP contribution in [0, 0.1) is 11.8 Å². The molecule has 25 heavy (non-hydrogen) atoms. The lowest BCUT2D eigenvalue weighted by molar-refractivity contribution is -0.179. The largest absolute Gasteiger partial charge is 0.466 e. The van der Waals surface area contributed by atoms with Gasteiger partial charge >= 0.3 is 14.5 Å². The van der Waals surface area contributed by atoms with Crippen LogP contribution in [0.25, 0.3) is 0 Å². The van der Waals surface area contributed by atoms with Gasteiger partial charge in [-0.05, 0) is 6.92 Å². The number of ether oxygens (including phenoxy) is 2. The number of hydrogen-bond acceptors (Lipinski definition) is 6. The molecule has 1 saturated carbocycles. The van der Waals surface area contributed by atoms with Crippen LogP contribution < -0.4 is 0 Å². The Kier molecular flexibility index (Phi) is 4.65. The number of hydrogen-bond donors (Lipinski definition) is 1. The maximum atomic E-state index is 12.1. The highest BCUT2D eigenvalue weighted by molar-refractivity contribution is 6.73.